The largest absolute Gasteiger partial charge is 0.491 e. The summed E-state index contributed by atoms with van der Waals surface area (Å²) in [5.41, 5.74) is 0.727. The highest BCUT2D eigenvalue weighted by Gasteiger charge is 2.05. The highest BCUT2D eigenvalue weighted by molar-refractivity contribution is 5.97. The van der Waals surface area contributed by atoms with Crippen LogP contribution in [0.15, 0.2) is 24.3 Å². The number of carbonyl (C=O) groups is 1. The third-order valence-corrected chi connectivity index (χ3v) is 2.26. The van der Waals surface area contributed by atoms with Gasteiger partial charge in [-0.25, -0.2) is 0 Å². The highest BCUT2D eigenvalue weighted by Crippen LogP contribution is 2.13. The molecule has 94 valence electrons. The summed E-state index contributed by atoms with van der Waals surface area (Å²) in [5.74, 6) is 0.924. The molecule has 0 unspecified atom stereocenters. The maximum Gasteiger partial charge on any atom is 0.176 e. The van der Waals surface area contributed by atoms with Crippen molar-refractivity contribution in [2.24, 2.45) is 0 Å². The van der Waals surface area contributed by atoms with E-state index in [-0.39, 0.29) is 11.9 Å². The van der Waals surface area contributed by atoms with E-state index in [0.717, 1.165) is 24.3 Å². The average molecular weight is 235 g/mol. The van der Waals surface area contributed by atoms with Crippen LogP contribution in [0.5, 0.6) is 5.75 Å². The third kappa shape index (κ3) is 5.00. The van der Waals surface area contributed by atoms with Gasteiger partial charge in [-0.1, -0.05) is 6.92 Å². The fourth-order valence-electron chi connectivity index (χ4n) is 1.47. The lowest BCUT2D eigenvalue weighted by Crippen LogP contribution is -2.23. The minimum absolute atomic E-state index is 0.120. The van der Waals surface area contributed by atoms with Crippen molar-refractivity contribution in [1.82, 2.24) is 5.32 Å². The lowest BCUT2D eigenvalue weighted by molar-refractivity contribution is 0.0991. The second-order valence-corrected chi connectivity index (χ2v) is 4.29. The van der Waals surface area contributed by atoms with E-state index in [1.807, 2.05) is 38.1 Å². The molecule has 0 atom stereocenters. The molecule has 1 rings (SSSR count). The Balaban J connectivity index is 2.52. The highest BCUT2D eigenvalue weighted by atomic mass is 16.5. The molecular weight excluding hydrogens is 214 g/mol. The minimum Gasteiger partial charge on any atom is -0.491 e. The van der Waals surface area contributed by atoms with E-state index in [4.69, 9.17) is 4.74 Å². The van der Waals surface area contributed by atoms with Gasteiger partial charge in [0.05, 0.1) is 12.6 Å². The number of ketones is 1. The molecular formula is C14H21NO2. The van der Waals surface area contributed by atoms with Crippen LogP contribution in [0.2, 0.25) is 0 Å². The van der Waals surface area contributed by atoms with Gasteiger partial charge in [0.15, 0.2) is 5.78 Å². The Morgan fingerprint density at radius 3 is 2.47 bits per heavy atom. The third-order valence-electron chi connectivity index (χ3n) is 2.26. The van der Waals surface area contributed by atoms with Gasteiger partial charge in [-0.15, -0.1) is 0 Å². The van der Waals surface area contributed by atoms with Crippen LogP contribution >= 0.6 is 0 Å². The molecule has 0 saturated heterocycles. The summed E-state index contributed by atoms with van der Waals surface area (Å²) < 4.78 is 5.52. The molecule has 0 fully saturated rings. The molecule has 1 aromatic rings. The molecule has 0 aliphatic heterocycles. The number of nitrogens with one attached hydrogen (secondary N) is 1. The Morgan fingerprint density at radius 1 is 1.29 bits per heavy atom. The van der Waals surface area contributed by atoms with E-state index in [1.54, 1.807) is 0 Å². The summed E-state index contributed by atoms with van der Waals surface area (Å²) >= 11 is 0. The second-order valence-electron chi connectivity index (χ2n) is 4.29. The van der Waals surface area contributed by atoms with Crippen LogP contribution in [0, 0.1) is 0 Å². The monoisotopic (exact) mass is 235 g/mol. The van der Waals surface area contributed by atoms with E-state index in [0.29, 0.717) is 6.54 Å². The molecule has 0 radical (unpaired) electrons. The van der Waals surface area contributed by atoms with Crippen LogP contribution in [0.4, 0.5) is 0 Å². The summed E-state index contributed by atoms with van der Waals surface area (Å²) in [7, 11) is 0. The summed E-state index contributed by atoms with van der Waals surface area (Å²) in [5, 5.41) is 3.10. The number of Topliss-reactive ketones (excluding diaryl/α,β-unsaturated/α-hetero) is 1. The quantitative estimate of drug-likeness (QED) is 0.583. The predicted octanol–water partition coefficient (Wildman–Crippen LogP) is 2.66. The van der Waals surface area contributed by atoms with Crippen LogP contribution in [-0.4, -0.2) is 25.0 Å². The lowest BCUT2D eigenvalue weighted by atomic mass is 10.1. The van der Waals surface area contributed by atoms with Crippen LogP contribution < -0.4 is 10.1 Å². The number of carbonyl (C=O) groups excluding carboxylic acids is 1. The van der Waals surface area contributed by atoms with Gasteiger partial charge in [0.2, 0.25) is 0 Å². The van der Waals surface area contributed by atoms with Crippen molar-refractivity contribution in [2.45, 2.75) is 33.3 Å². The number of benzene rings is 1. The molecule has 0 aliphatic rings. The Kier molecular flexibility index (Phi) is 5.70. The van der Waals surface area contributed by atoms with Gasteiger partial charge in [-0.2, -0.15) is 0 Å². The first-order valence-electron chi connectivity index (χ1n) is 6.14. The van der Waals surface area contributed by atoms with Crippen molar-refractivity contribution in [3.05, 3.63) is 29.8 Å². The first-order valence-corrected chi connectivity index (χ1v) is 6.14. The number of ether oxygens (including phenoxy) is 1. The molecule has 0 amide bonds. The maximum atomic E-state index is 11.7. The van der Waals surface area contributed by atoms with Gasteiger partial charge in [-0.3, -0.25) is 4.79 Å². The Bertz CT molecular complexity index is 344. The second kappa shape index (κ2) is 7.07. The van der Waals surface area contributed by atoms with E-state index >= 15 is 0 Å². The summed E-state index contributed by atoms with van der Waals surface area (Å²) in [6.07, 6.45) is 1.19. The summed E-state index contributed by atoms with van der Waals surface area (Å²) in [6.45, 7) is 7.31. The van der Waals surface area contributed by atoms with Gasteiger partial charge in [-0.05, 0) is 51.1 Å². The van der Waals surface area contributed by atoms with Gasteiger partial charge in [0.1, 0.15) is 5.75 Å². The Hall–Kier alpha value is -1.35. The molecule has 0 heterocycles. The Morgan fingerprint density at radius 2 is 1.94 bits per heavy atom. The van der Waals surface area contributed by atoms with Crippen molar-refractivity contribution in [1.29, 1.82) is 0 Å². The van der Waals surface area contributed by atoms with Crippen molar-refractivity contribution in [3.63, 3.8) is 0 Å². The number of hydrogen-bond acceptors (Lipinski definition) is 3. The molecule has 3 nitrogen and oxygen atoms in total. The average Bonchev–Trinajstić information content (AvgIpc) is 2.29. The van der Waals surface area contributed by atoms with Crippen molar-refractivity contribution in [2.75, 3.05) is 13.1 Å². The zero-order valence-electron chi connectivity index (χ0n) is 10.8. The topological polar surface area (TPSA) is 38.3 Å². The lowest BCUT2D eigenvalue weighted by Gasteiger charge is -2.09. The normalized spacial score (nSPS) is 10.6. The van der Waals surface area contributed by atoms with Gasteiger partial charge >= 0.3 is 0 Å². The van der Waals surface area contributed by atoms with E-state index in [2.05, 4.69) is 12.2 Å². The minimum atomic E-state index is 0.120. The van der Waals surface area contributed by atoms with Crippen LogP contribution in [0.3, 0.4) is 0 Å². The molecule has 0 aliphatic carbocycles. The van der Waals surface area contributed by atoms with Crippen LogP contribution in [0.25, 0.3) is 0 Å². The van der Waals surface area contributed by atoms with E-state index in [1.165, 1.54) is 0 Å². The SMILES string of the molecule is CCCNCC(=O)c1ccc(OC(C)C)cc1. The number of rotatable bonds is 7. The van der Waals surface area contributed by atoms with E-state index in [9.17, 15) is 4.79 Å². The number of hydrogen-bond donors (Lipinski definition) is 1. The summed E-state index contributed by atoms with van der Waals surface area (Å²) in [4.78, 5) is 11.7. The molecule has 3 heteroatoms. The molecule has 17 heavy (non-hydrogen) atoms. The fourth-order valence-corrected chi connectivity index (χ4v) is 1.47. The van der Waals surface area contributed by atoms with Crippen molar-refractivity contribution >= 4 is 5.78 Å². The zero-order chi connectivity index (χ0) is 12.7. The fraction of sp³-hybridized carbons (Fsp3) is 0.500. The molecule has 0 aromatic heterocycles. The molecule has 0 bridgehead atoms. The standard InChI is InChI=1S/C14H21NO2/c1-4-9-15-10-14(16)12-5-7-13(8-6-12)17-11(2)3/h5-8,11,15H,4,9-10H2,1-3H3. The Labute approximate surface area is 103 Å². The first-order chi connectivity index (χ1) is 8.13. The van der Waals surface area contributed by atoms with Crippen LogP contribution in [-0.2, 0) is 0 Å². The molecule has 1 aromatic carbocycles. The van der Waals surface area contributed by atoms with Gasteiger partial charge < -0.3 is 10.1 Å². The van der Waals surface area contributed by atoms with E-state index < -0.39 is 0 Å². The van der Waals surface area contributed by atoms with Crippen molar-refractivity contribution < 1.29 is 9.53 Å². The van der Waals surface area contributed by atoms with Crippen molar-refractivity contribution in [3.8, 4) is 5.75 Å². The molecule has 0 spiro atoms. The molecule has 0 saturated carbocycles. The first kappa shape index (κ1) is 13.7. The zero-order valence-corrected chi connectivity index (χ0v) is 10.8. The molecule has 1 N–H and O–H groups in total. The summed E-state index contributed by atoms with van der Waals surface area (Å²) in [6, 6.07) is 7.31. The van der Waals surface area contributed by atoms with Gasteiger partial charge in [0.25, 0.3) is 0 Å². The predicted molar refractivity (Wildman–Crippen MR) is 69.7 cm³/mol. The van der Waals surface area contributed by atoms with Gasteiger partial charge in [0, 0.05) is 5.56 Å². The maximum absolute atomic E-state index is 11.7. The van der Waals surface area contributed by atoms with Crippen LogP contribution in [0.1, 0.15) is 37.6 Å². The smallest absolute Gasteiger partial charge is 0.176 e.